The Balaban J connectivity index is 2.06. The second-order valence-electron chi connectivity index (χ2n) is 5.09. The van der Waals surface area contributed by atoms with E-state index in [1.165, 1.54) is 24.7 Å². The van der Waals surface area contributed by atoms with Crippen molar-refractivity contribution in [3.8, 4) is 12.1 Å². The standard InChI is InChI=1S/C16H13F3N6O/c1-16(18,19)13-4-11(2-3-14(13)17)22-8-12(25-21)9-26-15-23-6-10(5-20)7-24-15/h2-4,6-8H,9,21H2,1H3. The second-order valence-corrected chi connectivity index (χ2v) is 5.09. The first-order valence-electron chi connectivity index (χ1n) is 7.17. The molecule has 0 saturated carbocycles. The molecule has 7 nitrogen and oxygen atoms in total. The summed E-state index contributed by atoms with van der Waals surface area (Å²) in [4.78, 5) is 11.5. The lowest BCUT2D eigenvalue weighted by atomic mass is 10.1. The second kappa shape index (κ2) is 8.06. The van der Waals surface area contributed by atoms with Gasteiger partial charge in [-0.1, -0.05) is 0 Å². The van der Waals surface area contributed by atoms with Gasteiger partial charge < -0.3 is 10.6 Å². The number of nitriles is 1. The van der Waals surface area contributed by atoms with Crippen LogP contribution in [0.4, 0.5) is 18.9 Å². The fourth-order valence-corrected chi connectivity index (χ4v) is 1.77. The van der Waals surface area contributed by atoms with E-state index in [2.05, 4.69) is 20.1 Å². The maximum atomic E-state index is 13.5. The average Bonchev–Trinajstić information content (AvgIpc) is 2.62. The minimum atomic E-state index is -3.34. The number of hydrogen-bond donors (Lipinski definition) is 1. The van der Waals surface area contributed by atoms with Gasteiger partial charge in [0, 0.05) is 6.92 Å². The lowest BCUT2D eigenvalue weighted by Gasteiger charge is -2.11. The zero-order valence-corrected chi connectivity index (χ0v) is 13.5. The molecule has 2 rings (SSSR count). The number of rotatable bonds is 6. The molecule has 0 bridgehead atoms. The number of nitrogens with two attached hydrogens (primary N) is 1. The smallest absolute Gasteiger partial charge is 0.316 e. The van der Waals surface area contributed by atoms with Crippen molar-refractivity contribution in [3.05, 3.63) is 47.5 Å². The van der Waals surface area contributed by atoms with Crippen molar-refractivity contribution >= 4 is 17.6 Å². The number of aliphatic imine (C=N–C) groups is 1. The van der Waals surface area contributed by atoms with Crippen molar-refractivity contribution in [3.63, 3.8) is 0 Å². The van der Waals surface area contributed by atoms with Crippen molar-refractivity contribution in [1.29, 1.82) is 5.26 Å². The van der Waals surface area contributed by atoms with Crippen LogP contribution in [-0.2, 0) is 5.92 Å². The van der Waals surface area contributed by atoms with Crippen LogP contribution in [0.2, 0.25) is 0 Å². The van der Waals surface area contributed by atoms with Crippen LogP contribution in [0, 0.1) is 17.1 Å². The molecular weight excluding hydrogens is 349 g/mol. The van der Waals surface area contributed by atoms with E-state index in [-0.39, 0.29) is 29.6 Å². The van der Waals surface area contributed by atoms with E-state index < -0.39 is 17.3 Å². The van der Waals surface area contributed by atoms with Crippen LogP contribution in [-0.4, -0.2) is 28.5 Å². The zero-order valence-electron chi connectivity index (χ0n) is 13.5. The molecule has 0 aliphatic rings. The fourth-order valence-electron chi connectivity index (χ4n) is 1.77. The van der Waals surface area contributed by atoms with Gasteiger partial charge in [-0.3, -0.25) is 4.99 Å². The molecular formula is C16H13F3N6O. The van der Waals surface area contributed by atoms with Gasteiger partial charge in [0.1, 0.15) is 24.2 Å². The molecule has 0 saturated heterocycles. The average molecular weight is 362 g/mol. The summed E-state index contributed by atoms with van der Waals surface area (Å²) in [7, 11) is 0. The van der Waals surface area contributed by atoms with E-state index in [0.29, 0.717) is 6.92 Å². The molecule has 0 amide bonds. The molecule has 0 atom stereocenters. The third-order valence-electron chi connectivity index (χ3n) is 3.06. The van der Waals surface area contributed by atoms with E-state index in [1.807, 2.05) is 6.07 Å². The molecule has 0 aliphatic heterocycles. The van der Waals surface area contributed by atoms with E-state index in [0.717, 1.165) is 12.1 Å². The lowest BCUT2D eigenvalue weighted by molar-refractivity contribution is 0.0138. The minimum absolute atomic E-state index is 0.00626. The van der Waals surface area contributed by atoms with Gasteiger partial charge >= 0.3 is 6.01 Å². The molecule has 10 heteroatoms. The number of nitrogens with zero attached hydrogens (tertiary/aromatic N) is 5. The van der Waals surface area contributed by atoms with Crippen LogP contribution in [0.25, 0.3) is 0 Å². The minimum Gasteiger partial charge on any atom is -0.457 e. The molecule has 2 aromatic rings. The summed E-state index contributed by atoms with van der Waals surface area (Å²) in [6, 6.07) is 4.93. The maximum absolute atomic E-state index is 13.5. The molecule has 0 fully saturated rings. The molecule has 0 unspecified atom stereocenters. The van der Waals surface area contributed by atoms with Crippen LogP contribution in [0.15, 0.2) is 40.7 Å². The quantitative estimate of drug-likeness (QED) is 0.483. The highest BCUT2D eigenvalue weighted by atomic mass is 19.3. The van der Waals surface area contributed by atoms with E-state index >= 15 is 0 Å². The van der Waals surface area contributed by atoms with Crippen molar-refractivity contribution < 1.29 is 17.9 Å². The van der Waals surface area contributed by atoms with Gasteiger partial charge in [0.15, 0.2) is 0 Å². The third-order valence-corrected chi connectivity index (χ3v) is 3.06. The summed E-state index contributed by atoms with van der Waals surface area (Å²) >= 11 is 0. The van der Waals surface area contributed by atoms with Crippen LogP contribution in [0.1, 0.15) is 18.1 Å². The Morgan fingerprint density at radius 2 is 2.08 bits per heavy atom. The summed E-state index contributed by atoms with van der Waals surface area (Å²) in [5.74, 6) is 0.863. The predicted molar refractivity (Wildman–Crippen MR) is 88.0 cm³/mol. The van der Waals surface area contributed by atoms with E-state index in [1.54, 1.807) is 0 Å². The first kappa shape index (κ1) is 18.9. The van der Waals surface area contributed by atoms with Crippen LogP contribution in [0.3, 0.4) is 0 Å². The van der Waals surface area contributed by atoms with Crippen LogP contribution in [0.5, 0.6) is 6.01 Å². The molecule has 134 valence electrons. The number of alkyl halides is 2. The Morgan fingerprint density at radius 1 is 1.38 bits per heavy atom. The number of aromatic nitrogens is 2. The predicted octanol–water partition coefficient (Wildman–Crippen LogP) is 2.70. The third kappa shape index (κ3) is 5.01. The number of halogens is 3. The Bertz CT molecular complexity index is 869. The maximum Gasteiger partial charge on any atom is 0.316 e. The first-order chi connectivity index (χ1) is 12.3. The van der Waals surface area contributed by atoms with Crippen molar-refractivity contribution in [1.82, 2.24) is 9.97 Å². The Hall–Kier alpha value is -3.48. The summed E-state index contributed by atoms with van der Waals surface area (Å²) < 4.78 is 45.4. The number of benzene rings is 1. The normalized spacial score (nSPS) is 12.2. The Morgan fingerprint density at radius 3 is 2.65 bits per heavy atom. The summed E-state index contributed by atoms with van der Waals surface area (Å²) in [5.41, 5.74) is -0.238. The van der Waals surface area contributed by atoms with Crippen molar-refractivity contribution in [2.75, 3.05) is 6.61 Å². The highest BCUT2D eigenvalue weighted by molar-refractivity contribution is 6.31. The topological polar surface area (TPSA) is 110 Å². The van der Waals surface area contributed by atoms with Gasteiger partial charge in [-0.25, -0.2) is 23.1 Å². The molecule has 1 aromatic carbocycles. The van der Waals surface area contributed by atoms with Crippen molar-refractivity contribution in [2.24, 2.45) is 15.9 Å². The first-order valence-corrected chi connectivity index (χ1v) is 7.17. The highest BCUT2D eigenvalue weighted by Crippen LogP contribution is 2.31. The fraction of sp³-hybridized carbons (Fsp3) is 0.188. The van der Waals surface area contributed by atoms with Crippen LogP contribution >= 0.6 is 0 Å². The molecule has 1 heterocycles. The molecule has 0 spiro atoms. The van der Waals surface area contributed by atoms with Crippen LogP contribution < -0.4 is 10.6 Å². The van der Waals surface area contributed by atoms with Gasteiger partial charge in [0.2, 0.25) is 0 Å². The van der Waals surface area contributed by atoms with E-state index in [9.17, 15) is 13.2 Å². The monoisotopic (exact) mass is 362 g/mol. The van der Waals surface area contributed by atoms with E-state index in [4.69, 9.17) is 15.8 Å². The number of hydrogen-bond acceptors (Lipinski definition) is 7. The van der Waals surface area contributed by atoms with Gasteiger partial charge in [-0.15, -0.1) is 0 Å². The Labute approximate surface area is 146 Å². The van der Waals surface area contributed by atoms with Gasteiger partial charge in [0.25, 0.3) is 5.92 Å². The molecule has 0 aliphatic carbocycles. The summed E-state index contributed by atoms with van der Waals surface area (Å²) in [6.07, 6.45) is 3.75. The lowest BCUT2D eigenvalue weighted by Crippen LogP contribution is -2.16. The zero-order chi connectivity index (χ0) is 19.2. The molecule has 1 aromatic heterocycles. The summed E-state index contributed by atoms with van der Waals surface area (Å²) in [6.45, 7) is 0.445. The molecule has 0 radical (unpaired) electrons. The molecule has 26 heavy (non-hydrogen) atoms. The van der Waals surface area contributed by atoms with Crippen molar-refractivity contribution in [2.45, 2.75) is 12.8 Å². The Kier molecular flexibility index (Phi) is 5.85. The SMILES string of the molecule is CC(F)(F)c1cc(N=CC(COc2ncc(C#N)cn2)=NN)ccc1F. The van der Waals surface area contributed by atoms with Gasteiger partial charge in [-0.2, -0.15) is 10.4 Å². The van der Waals surface area contributed by atoms with Gasteiger partial charge in [0.05, 0.1) is 35.4 Å². The molecule has 2 N–H and O–H groups in total. The largest absolute Gasteiger partial charge is 0.457 e. The summed E-state index contributed by atoms with van der Waals surface area (Å²) in [5, 5.41) is 12.1. The highest BCUT2D eigenvalue weighted by Gasteiger charge is 2.28. The number of hydrazone groups is 1. The van der Waals surface area contributed by atoms with Gasteiger partial charge in [-0.05, 0) is 18.2 Å². The number of ether oxygens (including phenoxy) is 1.